The van der Waals surface area contributed by atoms with E-state index >= 15 is 0 Å². The third-order valence-corrected chi connectivity index (χ3v) is 11.8. The lowest BCUT2D eigenvalue weighted by Crippen LogP contribution is -2.29. The predicted octanol–water partition coefficient (Wildman–Crippen LogP) is 13.4. The molecule has 2 heterocycles. The number of oxazole rings is 2. The Morgan fingerprint density at radius 1 is 0.387 bits per heavy atom. The molecule has 0 fully saturated rings. The van der Waals surface area contributed by atoms with Crippen LogP contribution < -0.4 is 5.46 Å². The van der Waals surface area contributed by atoms with Crippen LogP contribution in [0.2, 0.25) is 0 Å². The molecule has 0 saturated carbocycles. The normalized spacial score (nSPS) is 11.1. The molecule has 8 heteroatoms. The summed E-state index contributed by atoms with van der Waals surface area (Å²) in [7, 11) is -1.46. The van der Waals surface area contributed by atoms with Gasteiger partial charge in [-0.1, -0.05) is 146 Å². The summed E-state index contributed by atoms with van der Waals surface area (Å²) in [6.45, 7) is 0. The van der Waals surface area contributed by atoms with E-state index in [9.17, 15) is 0 Å². The van der Waals surface area contributed by atoms with Crippen LogP contribution in [-0.4, -0.2) is 27.1 Å². The molecule has 2 N–H and O–H groups in total. The first-order chi connectivity index (χ1) is 30.5. The number of hydrogen-bond acceptors (Lipinski definition) is 6. The minimum Gasteiger partial charge on any atom is -0.436 e. The van der Waals surface area contributed by atoms with E-state index in [2.05, 4.69) is 159 Å². The van der Waals surface area contributed by atoms with Crippen LogP contribution in [0.3, 0.4) is 0 Å². The summed E-state index contributed by atoms with van der Waals surface area (Å²) in [4.78, 5) is 8.98. The van der Waals surface area contributed by atoms with Crippen LogP contribution in [0.4, 0.5) is 0 Å². The van der Waals surface area contributed by atoms with Gasteiger partial charge in [0.2, 0.25) is 11.8 Å². The summed E-state index contributed by atoms with van der Waals surface area (Å²) in [5.41, 5.74) is 7.91. The van der Waals surface area contributed by atoms with Gasteiger partial charge in [0.1, 0.15) is 11.0 Å². The average molecular weight is 868 g/mol. The SMILES string of the molecule is Brc1c2ccccc2cc2ccccc12.OB(O)c1ccc(-c2nc3ccccc3o2)cc1.c1ccc2c(-c3ccc(-c4nc5ccccc5o4)cc3)c3ccccc3cc2c1. The molecule has 0 bridgehead atoms. The van der Waals surface area contributed by atoms with Crippen LogP contribution in [-0.2, 0) is 0 Å². The molecule has 0 spiro atoms. The van der Waals surface area contributed by atoms with Gasteiger partial charge in [-0.25, -0.2) is 9.97 Å². The van der Waals surface area contributed by atoms with Crippen LogP contribution in [0, 0.1) is 0 Å². The molecule has 0 atom stereocenters. The summed E-state index contributed by atoms with van der Waals surface area (Å²) in [6.07, 6.45) is 0. The van der Waals surface area contributed by atoms with Crippen molar-refractivity contribution in [1.29, 1.82) is 0 Å². The quantitative estimate of drug-likeness (QED) is 0.135. The van der Waals surface area contributed by atoms with E-state index in [-0.39, 0.29) is 0 Å². The van der Waals surface area contributed by atoms with E-state index in [4.69, 9.17) is 18.9 Å². The van der Waals surface area contributed by atoms with Crippen LogP contribution in [0.1, 0.15) is 0 Å². The van der Waals surface area contributed by atoms with Crippen molar-refractivity contribution in [1.82, 2.24) is 9.97 Å². The molecular formula is C54H36BBrN2O4. The molecule has 0 aliphatic rings. The Morgan fingerprint density at radius 2 is 0.742 bits per heavy atom. The zero-order valence-electron chi connectivity index (χ0n) is 33.2. The van der Waals surface area contributed by atoms with Gasteiger partial charge in [-0.3, -0.25) is 0 Å². The number of fused-ring (bicyclic) bond motifs is 6. The monoisotopic (exact) mass is 866 g/mol. The van der Waals surface area contributed by atoms with Crippen molar-refractivity contribution in [3.63, 3.8) is 0 Å². The Hall–Kier alpha value is -7.36. The van der Waals surface area contributed by atoms with Gasteiger partial charge in [0, 0.05) is 15.6 Å². The van der Waals surface area contributed by atoms with Crippen molar-refractivity contribution in [3.05, 3.63) is 211 Å². The molecule has 296 valence electrons. The van der Waals surface area contributed by atoms with Gasteiger partial charge < -0.3 is 18.9 Å². The summed E-state index contributed by atoms with van der Waals surface area (Å²) < 4.78 is 12.7. The highest BCUT2D eigenvalue weighted by Gasteiger charge is 2.14. The zero-order valence-corrected chi connectivity index (χ0v) is 34.8. The van der Waals surface area contributed by atoms with Crippen molar-refractivity contribution in [2.75, 3.05) is 0 Å². The van der Waals surface area contributed by atoms with Crippen molar-refractivity contribution in [3.8, 4) is 34.0 Å². The second-order valence-electron chi connectivity index (χ2n) is 14.9. The fourth-order valence-electron chi connectivity index (χ4n) is 7.85. The number of rotatable bonds is 4. The highest BCUT2D eigenvalue weighted by Crippen LogP contribution is 2.38. The van der Waals surface area contributed by atoms with Crippen molar-refractivity contribution in [2.24, 2.45) is 0 Å². The topological polar surface area (TPSA) is 92.5 Å². The first-order valence-corrected chi connectivity index (χ1v) is 21.0. The number of para-hydroxylation sites is 4. The highest BCUT2D eigenvalue weighted by molar-refractivity contribution is 9.10. The standard InChI is InChI=1S/C27H17NO.C14H9Br.C13H10BNO3/c1-3-9-22-20(7-1)17-21-8-2-4-10-23(21)26(22)18-13-15-19(16-14-18)27-28-24-11-5-6-12-25(24)29-27;15-14-12-7-3-1-5-10(12)9-11-6-2-4-8-13(11)14;16-14(17)10-7-5-9(6-8-10)13-15-11-3-1-2-4-12(11)18-13/h1-17H;1-9H;1-8,16-17H. The maximum atomic E-state index is 9.02. The molecule has 6 nitrogen and oxygen atoms in total. The smallest absolute Gasteiger partial charge is 0.436 e. The lowest BCUT2D eigenvalue weighted by Gasteiger charge is -2.12. The van der Waals surface area contributed by atoms with Crippen LogP contribution in [0.15, 0.2) is 220 Å². The van der Waals surface area contributed by atoms with E-state index in [1.807, 2.05) is 48.5 Å². The van der Waals surface area contributed by atoms with E-state index in [1.54, 1.807) is 24.3 Å². The van der Waals surface area contributed by atoms with Gasteiger partial charge in [-0.15, -0.1) is 0 Å². The minimum absolute atomic E-state index is 0.440. The molecule has 0 amide bonds. The molecule has 12 rings (SSSR count). The fraction of sp³-hybridized carbons (Fsp3) is 0. The van der Waals surface area contributed by atoms with E-state index in [1.165, 1.54) is 58.7 Å². The van der Waals surface area contributed by atoms with Gasteiger partial charge in [0.05, 0.1) is 0 Å². The van der Waals surface area contributed by atoms with Crippen LogP contribution >= 0.6 is 15.9 Å². The van der Waals surface area contributed by atoms with Gasteiger partial charge in [0.25, 0.3) is 0 Å². The van der Waals surface area contributed by atoms with Crippen LogP contribution in [0.25, 0.3) is 99.3 Å². The Morgan fingerprint density at radius 3 is 1.18 bits per heavy atom. The zero-order chi connectivity index (χ0) is 42.0. The molecule has 10 aromatic carbocycles. The van der Waals surface area contributed by atoms with E-state index in [0.717, 1.165) is 33.3 Å². The number of nitrogens with zero attached hydrogens (tertiary/aromatic N) is 2. The fourth-order valence-corrected chi connectivity index (χ4v) is 8.57. The summed E-state index contributed by atoms with van der Waals surface area (Å²) in [5.74, 6) is 1.18. The number of benzene rings is 10. The van der Waals surface area contributed by atoms with Gasteiger partial charge >= 0.3 is 7.12 Å². The summed E-state index contributed by atoms with van der Waals surface area (Å²) in [5, 5.41) is 28.2. The Balaban J connectivity index is 0.000000119. The van der Waals surface area contributed by atoms with Crippen molar-refractivity contribution in [2.45, 2.75) is 0 Å². The largest absolute Gasteiger partial charge is 0.488 e. The predicted molar refractivity (Wildman–Crippen MR) is 258 cm³/mol. The Bertz CT molecular complexity index is 3350. The van der Waals surface area contributed by atoms with Gasteiger partial charge in [0.15, 0.2) is 11.2 Å². The maximum Gasteiger partial charge on any atom is 0.488 e. The molecular weight excluding hydrogens is 831 g/mol. The number of hydrogen-bond donors (Lipinski definition) is 2. The lowest BCUT2D eigenvalue weighted by atomic mass is 9.80. The summed E-state index contributed by atoms with van der Waals surface area (Å²) in [6, 6.07) is 69.2. The lowest BCUT2D eigenvalue weighted by molar-refractivity contribution is 0.426. The molecule has 12 aromatic rings. The molecule has 0 saturated heterocycles. The molecule has 62 heavy (non-hydrogen) atoms. The van der Waals surface area contributed by atoms with Crippen molar-refractivity contribution >= 4 is 93.8 Å². The van der Waals surface area contributed by atoms with Crippen LogP contribution in [0.5, 0.6) is 0 Å². The van der Waals surface area contributed by atoms with Crippen molar-refractivity contribution < 1.29 is 18.9 Å². The van der Waals surface area contributed by atoms with Gasteiger partial charge in [-0.05, 0) is 136 Å². The number of aromatic nitrogens is 2. The number of halogens is 1. The Kier molecular flexibility index (Phi) is 10.6. The van der Waals surface area contributed by atoms with E-state index < -0.39 is 7.12 Å². The third kappa shape index (κ3) is 7.75. The molecule has 0 radical (unpaired) electrons. The average Bonchev–Trinajstić information content (AvgIpc) is 3.97. The first kappa shape index (κ1) is 38.8. The third-order valence-electron chi connectivity index (χ3n) is 10.9. The molecule has 2 aromatic heterocycles. The highest BCUT2D eigenvalue weighted by atomic mass is 79.9. The second kappa shape index (κ2) is 17.0. The maximum absolute atomic E-state index is 9.02. The van der Waals surface area contributed by atoms with E-state index in [0.29, 0.717) is 17.2 Å². The first-order valence-electron chi connectivity index (χ1n) is 20.2. The second-order valence-corrected chi connectivity index (χ2v) is 15.7. The molecule has 0 unspecified atom stereocenters. The van der Waals surface area contributed by atoms with Gasteiger partial charge in [-0.2, -0.15) is 0 Å². The Labute approximate surface area is 365 Å². The summed E-state index contributed by atoms with van der Waals surface area (Å²) >= 11 is 3.68. The molecule has 0 aliphatic carbocycles. The minimum atomic E-state index is -1.46. The molecule has 0 aliphatic heterocycles.